The topological polar surface area (TPSA) is 106 Å². The first-order chi connectivity index (χ1) is 16.6. The molecule has 1 aromatic carbocycles. The van der Waals surface area contributed by atoms with Crippen molar-refractivity contribution in [3.63, 3.8) is 0 Å². The lowest BCUT2D eigenvalue weighted by Gasteiger charge is -2.61. The number of methoxy groups -OCH3 is 1. The highest BCUT2D eigenvalue weighted by Gasteiger charge is 2.71. The minimum Gasteiger partial charge on any atom is -0.496 e. The minimum absolute atomic E-state index is 0.00477. The van der Waals surface area contributed by atoms with E-state index >= 15 is 0 Å². The highest BCUT2D eigenvalue weighted by molar-refractivity contribution is 5.89. The van der Waals surface area contributed by atoms with Crippen LogP contribution in [-0.4, -0.2) is 89.8 Å². The Bertz CT molecular complexity index is 997. The molecule has 0 radical (unpaired) electrons. The van der Waals surface area contributed by atoms with Crippen LogP contribution in [0, 0.1) is 12.3 Å². The Kier molecular flexibility index (Phi) is 6.96. The zero-order valence-electron chi connectivity index (χ0n) is 21.8. The van der Waals surface area contributed by atoms with Crippen molar-refractivity contribution in [1.29, 1.82) is 0 Å². The SMILES string of the molecule is CCCN1CC=C[C@]2(CC)C1C1c3cc(C)c(OC)cc3N(C)C1[C@@](O)(C(=O)NC[C@H](C)O)[C@@H]2O. The number of anilines is 1. The van der Waals surface area contributed by atoms with Gasteiger partial charge in [0.05, 0.1) is 19.3 Å². The van der Waals surface area contributed by atoms with Gasteiger partial charge in [-0.25, -0.2) is 0 Å². The molecular weight excluding hydrogens is 446 g/mol. The fraction of sp³-hybridized carbons (Fsp3) is 0.667. The van der Waals surface area contributed by atoms with Crippen LogP contribution in [0.25, 0.3) is 0 Å². The molecule has 35 heavy (non-hydrogen) atoms. The number of nitrogens with zero attached hydrogens (tertiary/aromatic N) is 2. The Labute approximate surface area is 208 Å². The average Bonchev–Trinajstić information content (AvgIpc) is 3.11. The van der Waals surface area contributed by atoms with Gasteiger partial charge in [0.2, 0.25) is 0 Å². The first kappa shape index (κ1) is 25.9. The number of ether oxygens (including phenoxy) is 1. The van der Waals surface area contributed by atoms with Crippen molar-refractivity contribution in [1.82, 2.24) is 10.2 Å². The molecule has 8 nitrogen and oxygen atoms in total. The van der Waals surface area contributed by atoms with Crippen LogP contribution in [0.4, 0.5) is 5.69 Å². The Morgan fingerprint density at radius 1 is 1.31 bits per heavy atom. The molecule has 1 aliphatic carbocycles. The lowest BCUT2D eigenvalue weighted by atomic mass is 9.53. The summed E-state index contributed by atoms with van der Waals surface area (Å²) in [6, 6.07) is 3.30. The highest BCUT2D eigenvalue weighted by Crippen LogP contribution is 2.60. The number of carbonyl (C=O) groups excluding carboxylic acids is 1. The first-order valence-corrected chi connectivity index (χ1v) is 12.8. The zero-order valence-corrected chi connectivity index (χ0v) is 21.8. The lowest BCUT2D eigenvalue weighted by Crippen LogP contribution is -2.78. The number of carbonyl (C=O) groups is 1. The predicted octanol–water partition coefficient (Wildman–Crippen LogP) is 1.56. The Balaban J connectivity index is 1.96. The summed E-state index contributed by atoms with van der Waals surface area (Å²) in [6.07, 6.45) is 3.51. The first-order valence-electron chi connectivity index (χ1n) is 12.8. The number of benzene rings is 1. The number of aliphatic hydroxyl groups is 3. The van der Waals surface area contributed by atoms with Crippen LogP contribution in [0.5, 0.6) is 5.75 Å². The summed E-state index contributed by atoms with van der Waals surface area (Å²) in [5.74, 6) is -0.133. The maximum absolute atomic E-state index is 13.7. The van der Waals surface area contributed by atoms with Crippen LogP contribution in [0.15, 0.2) is 24.3 Å². The van der Waals surface area contributed by atoms with Gasteiger partial charge in [0.1, 0.15) is 11.9 Å². The second-order valence-corrected chi connectivity index (χ2v) is 10.6. The van der Waals surface area contributed by atoms with Crippen molar-refractivity contribution in [2.45, 2.75) is 76.3 Å². The Morgan fingerprint density at radius 2 is 2.03 bits per heavy atom. The second kappa shape index (κ2) is 9.39. The number of fused-ring (bicyclic) bond motifs is 5. The molecule has 1 aromatic rings. The van der Waals surface area contributed by atoms with E-state index in [-0.39, 0.29) is 18.5 Å². The van der Waals surface area contributed by atoms with E-state index in [2.05, 4.69) is 29.3 Å². The monoisotopic (exact) mass is 487 g/mol. The third kappa shape index (κ3) is 3.68. The maximum atomic E-state index is 13.7. The van der Waals surface area contributed by atoms with E-state index in [0.29, 0.717) is 6.42 Å². The van der Waals surface area contributed by atoms with Crippen molar-refractivity contribution in [2.75, 3.05) is 38.7 Å². The van der Waals surface area contributed by atoms with Gasteiger partial charge in [0.15, 0.2) is 5.60 Å². The molecule has 4 rings (SSSR count). The van der Waals surface area contributed by atoms with Gasteiger partial charge >= 0.3 is 0 Å². The number of likely N-dealkylation sites (N-methyl/N-ethyl adjacent to an activating group) is 1. The van der Waals surface area contributed by atoms with Crippen molar-refractivity contribution in [3.8, 4) is 5.75 Å². The molecule has 4 N–H and O–H groups in total. The van der Waals surface area contributed by atoms with Crippen molar-refractivity contribution < 1.29 is 24.9 Å². The molecule has 0 bridgehead atoms. The highest BCUT2D eigenvalue weighted by atomic mass is 16.5. The summed E-state index contributed by atoms with van der Waals surface area (Å²) in [4.78, 5) is 18.0. The standard InChI is InChI=1S/C27H41N3O5/c1-7-11-30-12-9-10-26(8-2)22(30)21-18-13-16(3)20(35-6)14-19(18)29(5)23(21)27(34,24(26)32)25(33)28-15-17(4)31/h9-10,13-14,17,21-24,31-32,34H,7-8,11-12,15H2,1-6H3,(H,28,33)/t17-,21?,22?,23?,24+,26+,27-/m0/s1. The Morgan fingerprint density at radius 3 is 2.63 bits per heavy atom. The molecule has 0 aromatic heterocycles. The van der Waals surface area contributed by atoms with E-state index in [0.717, 1.165) is 42.1 Å². The van der Waals surface area contributed by atoms with Crippen LogP contribution >= 0.6 is 0 Å². The summed E-state index contributed by atoms with van der Waals surface area (Å²) in [7, 11) is 3.51. The second-order valence-electron chi connectivity index (χ2n) is 10.6. The number of aliphatic hydroxyl groups excluding tert-OH is 2. The lowest BCUT2D eigenvalue weighted by molar-refractivity contribution is -0.198. The molecule has 2 heterocycles. The van der Waals surface area contributed by atoms with Crippen LogP contribution in [0.1, 0.15) is 50.7 Å². The smallest absolute Gasteiger partial charge is 0.257 e. The molecule has 3 aliphatic rings. The molecule has 1 amide bonds. The minimum atomic E-state index is -2.10. The van der Waals surface area contributed by atoms with Gasteiger partial charge in [-0.3, -0.25) is 9.69 Å². The van der Waals surface area contributed by atoms with Crippen molar-refractivity contribution in [2.24, 2.45) is 5.41 Å². The van der Waals surface area contributed by atoms with Crippen LogP contribution < -0.4 is 15.0 Å². The third-order valence-electron chi connectivity index (χ3n) is 8.51. The number of nitrogens with one attached hydrogen (secondary N) is 1. The predicted molar refractivity (Wildman–Crippen MR) is 136 cm³/mol. The number of rotatable bonds is 7. The van der Waals surface area contributed by atoms with Gasteiger partial charge < -0.3 is 30.3 Å². The van der Waals surface area contributed by atoms with E-state index in [1.165, 1.54) is 0 Å². The van der Waals surface area contributed by atoms with Gasteiger partial charge in [-0.05, 0) is 50.4 Å². The van der Waals surface area contributed by atoms with Gasteiger partial charge in [-0.2, -0.15) is 0 Å². The molecule has 0 spiro atoms. The fourth-order valence-electron chi connectivity index (χ4n) is 6.99. The van der Waals surface area contributed by atoms with E-state index in [9.17, 15) is 20.1 Å². The number of hydrogen-bond donors (Lipinski definition) is 4. The van der Waals surface area contributed by atoms with Crippen LogP contribution in [0.2, 0.25) is 0 Å². The van der Waals surface area contributed by atoms with Gasteiger partial charge in [0.25, 0.3) is 5.91 Å². The fourth-order valence-corrected chi connectivity index (χ4v) is 6.99. The van der Waals surface area contributed by atoms with E-state index in [4.69, 9.17) is 4.74 Å². The largest absolute Gasteiger partial charge is 0.496 e. The molecule has 2 aliphatic heterocycles. The molecule has 7 atom stereocenters. The summed E-state index contributed by atoms with van der Waals surface area (Å²) in [5.41, 5.74) is 0.0319. The molecule has 1 fully saturated rings. The maximum Gasteiger partial charge on any atom is 0.257 e. The zero-order chi connectivity index (χ0) is 25.7. The molecule has 194 valence electrons. The number of aryl methyl sites for hydroxylation is 1. The van der Waals surface area contributed by atoms with Crippen LogP contribution in [-0.2, 0) is 4.79 Å². The summed E-state index contributed by atoms with van der Waals surface area (Å²) < 4.78 is 5.60. The number of hydrogen-bond acceptors (Lipinski definition) is 7. The molecular formula is C27H41N3O5. The molecule has 3 unspecified atom stereocenters. The van der Waals surface area contributed by atoms with E-state index < -0.39 is 35.2 Å². The van der Waals surface area contributed by atoms with Crippen molar-refractivity contribution >= 4 is 11.6 Å². The normalized spacial score (nSPS) is 34.7. The summed E-state index contributed by atoms with van der Waals surface area (Å²) >= 11 is 0. The molecule has 8 heteroatoms. The molecule has 1 saturated carbocycles. The van der Waals surface area contributed by atoms with Gasteiger partial charge in [-0.15, -0.1) is 0 Å². The Hall–Kier alpha value is -2.13. The van der Waals surface area contributed by atoms with Crippen LogP contribution in [0.3, 0.4) is 0 Å². The summed E-state index contributed by atoms with van der Waals surface area (Å²) in [6.45, 7) is 9.35. The van der Waals surface area contributed by atoms with E-state index in [1.54, 1.807) is 14.0 Å². The van der Waals surface area contributed by atoms with Gasteiger partial charge in [0, 0.05) is 49.3 Å². The summed E-state index contributed by atoms with van der Waals surface area (Å²) in [5, 5.41) is 36.8. The number of amides is 1. The molecule has 0 saturated heterocycles. The van der Waals surface area contributed by atoms with E-state index in [1.807, 2.05) is 37.9 Å². The van der Waals surface area contributed by atoms with Crippen molar-refractivity contribution in [3.05, 3.63) is 35.4 Å². The van der Waals surface area contributed by atoms with Gasteiger partial charge in [-0.1, -0.05) is 26.0 Å². The average molecular weight is 488 g/mol. The third-order valence-corrected chi connectivity index (χ3v) is 8.51. The quantitative estimate of drug-likeness (QED) is 0.433.